The Labute approximate surface area is 150 Å². The van der Waals surface area contributed by atoms with Crippen LogP contribution in [0.3, 0.4) is 0 Å². The summed E-state index contributed by atoms with van der Waals surface area (Å²) in [6, 6.07) is 8.02. The summed E-state index contributed by atoms with van der Waals surface area (Å²) < 4.78 is 3.34. The van der Waals surface area contributed by atoms with Gasteiger partial charge < -0.3 is 0 Å². The van der Waals surface area contributed by atoms with Crippen LogP contribution < -0.4 is 0 Å². The molecule has 1 heterocycles. The molecule has 0 atom stereocenters. The standard InChI is InChI=1S/C17H21BrN4S/c18-15-8-4-7-14(11-15)12-19-22-16(20-21-17(22)23)10-9-13-5-2-1-3-6-13/h4,7-8,11-13H,1-3,5-6,9-10H2,(H,21,23)/b19-12-. The molecule has 0 aliphatic heterocycles. The number of benzene rings is 1. The maximum Gasteiger partial charge on any atom is 0.216 e. The van der Waals surface area contributed by atoms with Gasteiger partial charge in [-0.05, 0) is 42.3 Å². The zero-order valence-corrected chi connectivity index (χ0v) is 15.4. The fraction of sp³-hybridized carbons (Fsp3) is 0.471. The minimum atomic E-state index is 0.551. The van der Waals surface area contributed by atoms with E-state index >= 15 is 0 Å². The second kappa shape index (κ2) is 8.02. The fourth-order valence-electron chi connectivity index (χ4n) is 3.13. The summed E-state index contributed by atoms with van der Waals surface area (Å²) in [6.07, 6.45) is 10.8. The van der Waals surface area contributed by atoms with Crippen molar-refractivity contribution in [3.63, 3.8) is 0 Å². The molecule has 4 nitrogen and oxygen atoms in total. The average Bonchev–Trinajstić information content (AvgIpc) is 2.92. The van der Waals surface area contributed by atoms with E-state index in [2.05, 4.69) is 31.2 Å². The molecule has 1 fully saturated rings. The zero-order valence-electron chi connectivity index (χ0n) is 13.0. The summed E-state index contributed by atoms with van der Waals surface area (Å²) in [5.41, 5.74) is 1.03. The van der Waals surface area contributed by atoms with Gasteiger partial charge in [0.2, 0.25) is 4.77 Å². The molecule has 23 heavy (non-hydrogen) atoms. The number of aromatic amines is 1. The molecule has 2 aromatic rings. The fourth-order valence-corrected chi connectivity index (χ4v) is 3.74. The Morgan fingerprint density at radius 2 is 2.17 bits per heavy atom. The number of aryl methyl sites for hydroxylation is 1. The predicted molar refractivity (Wildman–Crippen MR) is 99.4 cm³/mol. The van der Waals surface area contributed by atoms with Gasteiger partial charge in [-0.25, -0.2) is 0 Å². The Balaban J connectivity index is 1.69. The molecule has 1 aliphatic rings. The second-order valence-electron chi connectivity index (χ2n) is 6.10. The van der Waals surface area contributed by atoms with E-state index in [0.29, 0.717) is 4.77 Å². The van der Waals surface area contributed by atoms with Crippen LogP contribution in [0.2, 0.25) is 0 Å². The molecule has 122 valence electrons. The Hall–Kier alpha value is -1.27. The lowest BCUT2D eigenvalue weighted by molar-refractivity contribution is 0.336. The van der Waals surface area contributed by atoms with Crippen molar-refractivity contribution in [3.8, 4) is 0 Å². The molecule has 3 rings (SSSR count). The lowest BCUT2D eigenvalue weighted by Crippen LogP contribution is -2.09. The van der Waals surface area contributed by atoms with Crippen LogP contribution in [-0.4, -0.2) is 21.1 Å². The highest BCUT2D eigenvalue weighted by atomic mass is 79.9. The lowest BCUT2D eigenvalue weighted by atomic mass is 9.86. The maximum atomic E-state index is 5.31. The van der Waals surface area contributed by atoms with Crippen molar-refractivity contribution in [1.82, 2.24) is 14.9 Å². The van der Waals surface area contributed by atoms with Gasteiger partial charge in [0.05, 0.1) is 6.21 Å². The lowest BCUT2D eigenvalue weighted by Gasteiger charge is -2.20. The van der Waals surface area contributed by atoms with Crippen LogP contribution in [-0.2, 0) is 6.42 Å². The molecule has 0 unspecified atom stereocenters. The van der Waals surface area contributed by atoms with E-state index < -0.39 is 0 Å². The van der Waals surface area contributed by atoms with Gasteiger partial charge in [-0.15, -0.1) is 0 Å². The van der Waals surface area contributed by atoms with Crippen molar-refractivity contribution in [1.29, 1.82) is 0 Å². The van der Waals surface area contributed by atoms with Crippen LogP contribution >= 0.6 is 28.1 Å². The summed E-state index contributed by atoms with van der Waals surface area (Å²) in [5, 5.41) is 11.7. The minimum absolute atomic E-state index is 0.551. The number of hydrogen-bond acceptors (Lipinski definition) is 3. The summed E-state index contributed by atoms with van der Waals surface area (Å²) >= 11 is 8.78. The van der Waals surface area contributed by atoms with Gasteiger partial charge in [0.25, 0.3) is 0 Å². The van der Waals surface area contributed by atoms with Crippen molar-refractivity contribution in [2.45, 2.75) is 44.9 Å². The van der Waals surface area contributed by atoms with Crippen LogP contribution in [0.1, 0.15) is 49.9 Å². The van der Waals surface area contributed by atoms with Gasteiger partial charge in [0.1, 0.15) is 0 Å². The van der Waals surface area contributed by atoms with Crippen molar-refractivity contribution >= 4 is 34.4 Å². The van der Waals surface area contributed by atoms with Crippen molar-refractivity contribution in [2.75, 3.05) is 0 Å². The molecule has 1 aromatic heterocycles. The first kappa shape index (κ1) is 16.6. The first-order valence-electron chi connectivity index (χ1n) is 8.18. The largest absolute Gasteiger partial charge is 0.250 e. The van der Waals surface area contributed by atoms with Crippen LogP contribution in [0.15, 0.2) is 33.8 Å². The zero-order chi connectivity index (χ0) is 16.1. The molecule has 1 N–H and O–H groups in total. The Morgan fingerprint density at radius 3 is 2.96 bits per heavy atom. The van der Waals surface area contributed by atoms with E-state index in [1.165, 1.54) is 38.5 Å². The second-order valence-corrected chi connectivity index (χ2v) is 7.40. The number of nitrogens with zero attached hydrogens (tertiary/aromatic N) is 3. The highest BCUT2D eigenvalue weighted by molar-refractivity contribution is 9.10. The summed E-state index contributed by atoms with van der Waals surface area (Å²) in [5.74, 6) is 1.75. The normalized spacial score (nSPS) is 16.2. The number of hydrogen-bond donors (Lipinski definition) is 1. The summed E-state index contributed by atoms with van der Waals surface area (Å²) in [4.78, 5) is 0. The van der Waals surface area contributed by atoms with Gasteiger partial charge in [0, 0.05) is 10.9 Å². The first-order chi connectivity index (χ1) is 11.2. The Bertz CT molecular complexity index is 728. The molecular formula is C17H21BrN4S. The highest BCUT2D eigenvalue weighted by Gasteiger charge is 2.15. The molecule has 0 amide bonds. The monoisotopic (exact) mass is 392 g/mol. The number of nitrogens with one attached hydrogen (secondary N) is 1. The minimum Gasteiger partial charge on any atom is -0.250 e. The number of halogens is 1. The van der Waals surface area contributed by atoms with E-state index in [4.69, 9.17) is 12.2 Å². The first-order valence-corrected chi connectivity index (χ1v) is 9.39. The van der Waals surface area contributed by atoms with E-state index in [1.807, 2.05) is 30.5 Å². The molecular weight excluding hydrogens is 372 g/mol. The number of H-pyrrole nitrogens is 1. The molecule has 0 spiro atoms. The topological polar surface area (TPSA) is 46.0 Å². The van der Waals surface area contributed by atoms with Gasteiger partial charge >= 0.3 is 0 Å². The van der Waals surface area contributed by atoms with Crippen LogP contribution in [0, 0.1) is 10.7 Å². The SMILES string of the molecule is S=c1[nH]nc(CCC2CCCCC2)n1/N=C\c1cccc(Br)c1. The quantitative estimate of drug-likeness (QED) is 0.568. The molecule has 6 heteroatoms. The van der Waals surface area contributed by atoms with E-state index in [0.717, 1.165) is 28.2 Å². The highest BCUT2D eigenvalue weighted by Crippen LogP contribution is 2.27. The molecule has 0 saturated heterocycles. The average molecular weight is 393 g/mol. The van der Waals surface area contributed by atoms with Crippen LogP contribution in [0.25, 0.3) is 0 Å². The van der Waals surface area contributed by atoms with Crippen molar-refractivity contribution in [3.05, 3.63) is 44.9 Å². The molecule has 1 aromatic carbocycles. The maximum absolute atomic E-state index is 5.31. The third-order valence-electron chi connectivity index (χ3n) is 4.39. The van der Waals surface area contributed by atoms with Gasteiger partial charge in [-0.2, -0.15) is 14.9 Å². The molecule has 0 radical (unpaired) electrons. The predicted octanol–water partition coefficient (Wildman–Crippen LogP) is 5.10. The van der Waals surface area contributed by atoms with Crippen molar-refractivity contribution in [2.24, 2.45) is 11.0 Å². The smallest absolute Gasteiger partial charge is 0.216 e. The Morgan fingerprint density at radius 1 is 1.35 bits per heavy atom. The van der Waals surface area contributed by atoms with E-state index in [1.54, 1.807) is 4.68 Å². The molecule has 1 aliphatic carbocycles. The molecule has 0 bridgehead atoms. The summed E-state index contributed by atoms with van der Waals surface area (Å²) in [6.45, 7) is 0. The van der Waals surface area contributed by atoms with E-state index in [9.17, 15) is 0 Å². The van der Waals surface area contributed by atoms with Crippen molar-refractivity contribution < 1.29 is 0 Å². The van der Waals surface area contributed by atoms with E-state index in [-0.39, 0.29) is 0 Å². The van der Waals surface area contributed by atoms with Crippen LogP contribution in [0.4, 0.5) is 0 Å². The Kier molecular flexibility index (Phi) is 5.78. The van der Waals surface area contributed by atoms with Crippen LogP contribution in [0.5, 0.6) is 0 Å². The summed E-state index contributed by atoms with van der Waals surface area (Å²) in [7, 11) is 0. The third kappa shape index (κ3) is 4.61. The number of aromatic nitrogens is 3. The third-order valence-corrected chi connectivity index (χ3v) is 5.15. The van der Waals surface area contributed by atoms with Gasteiger partial charge in [0.15, 0.2) is 5.82 Å². The van der Waals surface area contributed by atoms with Gasteiger partial charge in [-0.3, -0.25) is 5.10 Å². The van der Waals surface area contributed by atoms with Gasteiger partial charge in [-0.1, -0.05) is 60.2 Å². The number of rotatable bonds is 5. The molecule has 1 saturated carbocycles.